The van der Waals surface area contributed by atoms with Crippen LogP contribution in [0.2, 0.25) is 0 Å². The second-order valence-electron chi connectivity index (χ2n) is 1.49. The maximum atomic E-state index is 10.2. The number of carboxylic acids is 1. The van der Waals surface area contributed by atoms with E-state index in [0.717, 1.165) is 0 Å². The number of ether oxygens (including phenoxy) is 1. The molecule has 0 aromatic carbocycles. The van der Waals surface area contributed by atoms with Crippen LogP contribution in [0.3, 0.4) is 0 Å². The second kappa shape index (κ2) is 4.07. The molecule has 0 spiro atoms. The van der Waals surface area contributed by atoms with E-state index in [-0.39, 0.29) is 13.2 Å². The largest absolute Gasteiger partial charge is 0.478 e. The van der Waals surface area contributed by atoms with Crippen molar-refractivity contribution in [2.24, 2.45) is 0 Å². The molecule has 0 saturated heterocycles. The summed E-state index contributed by atoms with van der Waals surface area (Å²) in [6, 6.07) is 0. The van der Waals surface area contributed by atoms with Gasteiger partial charge in [0.25, 0.3) is 4.27 Å². The molecule has 0 unspecified atom stereocenters. The molecule has 0 aromatic rings. The van der Waals surface area contributed by atoms with E-state index < -0.39 is 10.2 Å². The number of thiol groups is 2. The minimum atomic E-state index is -1.80. The molecule has 0 bridgehead atoms. The minimum Gasteiger partial charge on any atom is -0.478 e. The quantitative estimate of drug-likeness (QED) is 0.354. The van der Waals surface area contributed by atoms with Crippen molar-refractivity contribution in [3.63, 3.8) is 0 Å². The summed E-state index contributed by atoms with van der Waals surface area (Å²) in [6.07, 6.45) is 0. The Hall–Kier alpha value is 0.0900. The topological polar surface area (TPSA) is 66.8 Å². The number of rotatable bonds is 4. The van der Waals surface area contributed by atoms with E-state index in [2.05, 4.69) is 30.0 Å². The van der Waals surface area contributed by atoms with Gasteiger partial charge in [-0.2, -0.15) is 0 Å². The van der Waals surface area contributed by atoms with Gasteiger partial charge in [-0.1, -0.05) is 0 Å². The summed E-state index contributed by atoms with van der Waals surface area (Å²) in [5, 5.41) is 16.5. The van der Waals surface area contributed by atoms with E-state index in [1.807, 2.05) is 0 Å². The van der Waals surface area contributed by atoms with Crippen molar-refractivity contribution in [3.8, 4) is 0 Å². The van der Waals surface area contributed by atoms with Crippen molar-refractivity contribution >= 4 is 31.2 Å². The van der Waals surface area contributed by atoms with Gasteiger partial charge < -0.3 is 14.9 Å². The number of aliphatic carboxylic acids is 1. The Kier molecular flexibility index (Phi) is 4.11. The van der Waals surface area contributed by atoms with Gasteiger partial charge in [-0.3, -0.25) is 0 Å². The number of hydrogen-bond donors (Lipinski definition) is 4. The molecule has 6 heteroatoms. The molecule has 0 saturated carbocycles. The smallest absolute Gasteiger partial charge is 0.357 e. The van der Waals surface area contributed by atoms with Crippen molar-refractivity contribution < 1.29 is 19.7 Å². The fourth-order valence-electron chi connectivity index (χ4n) is 0.250. The number of carboxylic acid groups (broad SMARTS) is 1. The third-order valence-electron chi connectivity index (χ3n) is 0.673. The van der Waals surface area contributed by atoms with Crippen molar-refractivity contribution in [1.29, 1.82) is 0 Å². The summed E-state index contributed by atoms with van der Waals surface area (Å²) in [7, 11) is 0. The lowest BCUT2D eigenvalue weighted by Gasteiger charge is -2.16. The molecule has 0 atom stereocenters. The minimum absolute atomic E-state index is 0.0979. The Morgan fingerprint density at radius 1 is 1.60 bits per heavy atom. The Labute approximate surface area is 69.0 Å². The monoisotopic (exact) mass is 184 g/mol. The first kappa shape index (κ1) is 10.1. The molecule has 0 aliphatic carbocycles. The molecule has 0 aliphatic heterocycles. The molecule has 0 fully saturated rings. The second-order valence-corrected chi connectivity index (χ2v) is 3.10. The Balaban J connectivity index is 3.75. The van der Waals surface area contributed by atoms with E-state index in [1.54, 1.807) is 0 Å². The van der Waals surface area contributed by atoms with Crippen molar-refractivity contribution in [3.05, 3.63) is 0 Å². The Bertz CT molecular complexity index is 124. The lowest BCUT2D eigenvalue weighted by molar-refractivity contribution is -0.147. The van der Waals surface area contributed by atoms with Crippen molar-refractivity contribution in [2.45, 2.75) is 4.27 Å². The fraction of sp³-hybridized carbons (Fsp3) is 0.750. The maximum Gasteiger partial charge on any atom is 0.357 e. The molecular weight excluding hydrogens is 176 g/mol. The van der Waals surface area contributed by atoms with Crippen LogP contribution in [0, 0.1) is 0 Å². The molecule has 10 heavy (non-hydrogen) atoms. The number of aliphatic hydroxyl groups excluding tert-OH is 1. The number of hydrogen-bond acceptors (Lipinski definition) is 5. The van der Waals surface area contributed by atoms with Gasteiger partial charge in [-0.15, -0.1) is 25.3 Å². The van der Waals surface area contributed by atoms with Crippen molar-refractivity contribution in [1.82, 2.24) is 0 Å². The van der Waals surface area contributed by atoms with Crippen LogP contribution in [-0.4, -0.2) is 33.7 Å². The summed E-state index contributed by atoms with van der Waals surface area (Å²) >= 11 is 7.09. The lowest BCUT2D eigenvalue weighted by atomic mass is 10.7. The zero-order chi connectivity index (χ0) is 8.20. The summed E-state index contributed by atoms with van der Waals surface area (Å²) in [6.45, 7) is -0.352. The van der Waals surface area contributed by atoms with Gasteiger partial charge in [0, 0.05) is 0 Å². The summed E-state index contributed by atoms with van der Waals surface area (Å²) in [4.78, 5) is 10.2. The molecule has 0 radical (unpaired) electrons. The van der Waals surface area contributed by atoms with Gasteiger partial charge in [0.05, 0.1) is 13.2 Å². The number of aliphatic hydroxyl groups is 1. The van der Waals surface area contributed by atoms with Crippen LogP contribution in [0.4, 0.5) is 0 Å². The molecule has 60 valence electrons. The molecule has 4 nitrogen and oxygen atoms in total. The Morgan fingerprint density at radius 3 is 2.40 bits per heavy atom. The summed E-state index contributed by atoms with van der Waals surface area (Å²) in [5.74, 6) is -1.30. The summed E-state index contributed by atoms with van der Waals surface area (Å²) in [5.41, 5.74) is 0. The highest BCUT2D eigenvalue weighted by Crippen LogP contribution is 2.20. The van der Waals surface area contributed by atoms with Gasteiger partial charge in [-0.05, 0) is 0 Å². The van der Waals surface area contributed by atoms with Crippen LogP contribution in [-0.2, 0) is 9.53 Å². The standard InChI is InChI=1S/C4H8O4S2/c5-1-2-8-4(9,10)3(6)7/h5,9-10H,1-2H2,(H,6,7). The first-order valence-electron chi connectivity index (χ1n) is 2.43. The van der Waals surface area contributed by atoms with Gasteiger partial charge in [0.2, 0.25) is 0 Å². The van der Waals surface area contributed by atoms with E-state index in [0.29, 0.717) is 0 Å². The highest BCUT2D eigenvalue weighted by atomic mass is 32.2. The van der Waals surface area contributed by atoms with Crippen LogP contribution in [0.25, 0.3) is 0 Å². The third kappa shape index (κ3) is 3.31. The zero-order valence-electron chi connectivity index (χ0n) is 5.02. The van der Waals surface area contributed by atoms with Gasteiger partial charge >= 0.3 is 5.97 Å². The summed E-state index contributed by atoms with van der Waals surface area (Å²) < 4.78 is 2.72. The highest BCUT2D eigenvalue weighted by molar-refractivity contribution is 8.01. The van der Waals surface area contributed by atoms with E-state index in [9.17, 15) is 4.79 Å². The molecule has 0 rings (SSSR count). The fourth-order valence-corrected chi connectivity index (χ4v) is 0.432. The average molecular weight is 184 g/mol. The lowest BCUT2D eigenvalue weighted by Crippen LogP contribution is -2.30. The molecule has 0 amide bonds. The normalized spacial score (nSPS) is 11.5. The predicted octanol–water partition coefficient (Wildman–Crippen LogP) is -0.407. The van der Waals surface area contributed by atoms with Crippen LogP contribution in [0.15, 0.2) is 0 Å². The number of carbonyl (C=O) groups is 1. The SMILES string of the molecule is O=C(O)C(S)(S)OCCO. The van der Waals surface area contributed by atoms with Gasteiger partial charge in [0.15, 0.2) is 0 Å². The third-order valence-corrected chi connectivity index (χ3v) is 1.31. The predicted molar refractivity (Wildman–Crippen MR) is 41.4 cm³/mol. The van der Waals surface area contributed by atoms with E-state index >= 15 is 0 Å². The van der Waals surface area contributed by atoms with Crippen molar-refractivity contribution in [2.75, 3.05) is 13.2 Å². The Morgan fingerprint density at radius 2 is 2.10 bits per heavy atom. The van der Waals surface area contributed by atoms with Crippen LogP contribution in [0.5, 0.6) is 0 Å². The molecule has 0 aliphatic rings. The first-order chi connectivity index (χ1) is 4.50. The van der Waals surface area contributed by atoms with Crippen LogP contribution in [0.1, 0.15) is 0 Å². The average Bonchev–Trinajstić information content (AvgIpc) is 1.84. The molecular formula is C4H8O4S2. The van der Waals surface area contributed by atoms with E-state index in [4.69, 9.17) is 10.2 Å². The van der Waals surface area contributed by atoms with Crippen LogP contribution >= 0.6 is 25.3 Å². The van der Waals surface area contributed by atoms with E-state index in [1.165, 1.54) is 0 Å². The zero-order valence-corrected chi connectivity index (χ0v) is 6.81. The molecule has 0 heterocycles. The van der Waals surface area contributed by atoms with Gasteiger partial charge in [0.1, 0.15) is 0 Å². The van der Waals surface area contributed by atoms with Gasteiger partial charge in [-0.25, -0.2) is 4.79 Å². The molecule has 2 N–H and O–H groups in total. The molecule has 0 aromatic heterocycles. The highest BCUT2D eigenvalue weighted by Gasteiger charge is 2.30. The van der Waals surface area contributed by atoms with Crippen LogP contribution < -0.4 is 0 Å². The first-order valence-corrected chi connectivity index (χ1v) is 3.33. The maximum absolute atomic E-state index is 10.2.